The number of rotatable bonds is 10. The van der Waals surface area contributed by atoms with Gasteiger partial charge in [-0.3, -0.25) is 4.79 Å². The molecule has 0 heterocycles. The molecule has 0 amide bonds. The van der Waals surface area contributed by atoms with Crippen molar-refractivity contribution in [2.45, 2.75) is 26.4 Å². The van der Waals surface area contributed by atoms with E-state index in [2.05, 4.69) is 23.2 Å². The van der Waals surface area contributed by atoms with Crippen molar-refractivity contribution in [3.63, 3.8) is 0 Å². The minimum Gasteiger partial charge on any atom is -0.457 e. The number of ether oxygens (including phenoxy) is 2. The van der Waals surface area contributed by atoms with Gasteiger partial charge in [0.05, 0.1) is 5.92 Å². The van der Waals surface area contributed by atoms with Crippen LogP contribution in [0.25, 0.3) is 0 Å². The van der Waals surface area contributed by atoms with Crippen molar-refractivity contribution in [2.75, 3.05) is 6.61 Å². The molecule has 0 N–H and O–H groups in total. The second kappa shape index (κ2) is 10.9. The molecule has 4 rings (SSSR count). The van der Waals surface area contributed by atoms with Gasteiger partial charge in [0.1, 0.15) is 18.1 Å². The van der Waals surface area contributed by atoms with E-state index in [-0.39, 0.29) is 23.2 Å². The highest BCUT2D eigenvalue weighted by atomic mass is 16.6. The minimum absolute atomic E-state index is 0.0714. The van der Waals surface area contributed by atoms with Crippen molar-refractivity contribution in [3.8, 4) is 23.8 Å². The first kappa shape index (κ1) is 24.1. The van der Waals surface area contributed by atoms with Gasteiger partial charge < -0.3 is 14.3 Å². The average Bonchev–Trinajstić information content (AvgIpc) is 3.43. The summed E-state index contributed by atoms with van der Waals surface area (Å²) >= 11 is 0. The Morgan fingerprint density at radius 3 is 2.43 bits per heavy atom. The first-order valence-electron chi connectivity index (χ1n) is 11.7. The number of carbonyl (C=O) groups is 1. The van der Waals surface area contributed by atoms with Crippen LogP contribution in [0.1, 0.15) is 31.1 Å². The number of hydrogen-bond acceptors (Lipinski definition) is 5. The van der Waals surface area contributed by atoms with E-state index in [9.17, 15) is 4.79 Å². The largest absolute Gasteiger partial charge is 0.457 e. The van der Waals surface area contributed by atoms with Gasteiger partial charge in [0, 0.05) is 24.1 Å². The van der Waals surface area contributed by atoms with Gasteiger partial charge in [-0.25, -0.2) is 0 Å². The van der Waals surface area contributed by atoms with Crippen LogP contribution in [-0.2, 0) is 20.8 Å². The molecule has 178 valence electrons. The second-order valence-corrected chi connectivity index (χ2v) is 9.12. The lowest BCUT2D eigenvalue weighted by Crippen LogP contribution is -2.14. The van der Waals surface area contributed by atoms with Gasteiger partial charge >= 0.3 is 5.97 Å². The van der Waals surface area contributed by atoms with Crippen LogP contribution < -0.4 is 4.74 Å². The van der Waals surface area contributed by atoms with Crippen LogP contribution in [0, 0.1) is 29.6 Å². The summed E-state index contributed by atoms with van der Waals surface area (Å²) in [6.07, 6.45) is 7.40. The Bertz CT molecular complexity index is 1200. The zero-order valence-corrected chi connectivity index (χ0v) is 20.0. The summed E-state index contributed by atoms with van der Waals surface area (Å²) in [5, 5.41) is 4.10. The molecule has 3 aromatic rings. The number of esters is 1. The molecule has 0 spiro atoms. The van der Waals surface area contributed by atoms with Crippen molar-refractivity contribution in [3.05, 3.63) is 96.1 Å². The van der Waals surface area contributed by atoms with E-state index >= 15 is 0 Å². The van der Waals surface area contributed by atoms with Crippen LogP contribution in [0.2, 0.25) is 0 Å². The molecule has 0 bridgehead atoms. The standard InChI is InChI=1S/C30H29NO4/c1-4-27(23-14-11-17-25(20-23)34-24-15-9-6-10-16-24)35-29(32)28-26(30(28,2)3)21-31-33-19-18-22-12-7-5-8-13-22/h1,5-17,20-21,26-28H,18-19H2,2-3H3/t26-,27?,28-/m0/s1. The number of para-hydroxylation sites is 1. The molecule has 0 aromatic heterocycles. The minimum atomic E-state index is -0.807. The molecule has 3 aromatic carbocycles. The maximum absolute atomic E-state index is 13.0. The molecular formula is C30H29NO4. The first-order valence-corrected chi connectivity index (χ1v) is 11.7. The van der Waals surface area contributed by atoms with Crippen LogP contribution >= 0.6 is 0 Å². The van der Waals surface area contributed by atoms with Crippen molar-refractivity contribution in [1.82, 2.24) is 0 Å². The number of terminal acetylenes is 1. The van der Waals surface area contributed by atoms with E-state index in [0.29, 0.717) is 23.7 Å². The summed E-state index contributed by atoms with van der Waals surface area (Å²) in [7, 11) is 0. The van der Waals surface area contributed by atoms with Crippen molar-refractivity contribution in [2.24, 2.45) is 22.4 Å². The highest BCUT2D eigenvalue weighted by Crippen LogP contribution is 2.58. The van der Waals surface area contributed by atoms with Gasteiger partial charge in [-0.15, -0.1) is 6.42 Å². The van der Waals surface area contributed by atoms with E-state index in [4.69, 9.17) is 20.7 Å². The fraction of sp³-hybridized carbons (Fsp3) is 0.267. The molecule has 0 saturated heterocycles. The SMILES string of the molecule is C#CC(OC(=O)[C@@H]1[C@H](C=NOCCc2ccccc2)C1(C)C)c1cccc(Oc2ccccc2)c1. The maximum Gasteiger partial charge on any atom is 0.311 e. The van der Waals surface area contributed by atoms with Gasteiger partial charge in [-0.1, -0.05) is 85.6 Å². The molecule has 0 aliphatic heterocycles. The Labute approximate surface area is 206 Å². The lowest BCUT2D eigenvalue weighted by molar-refractivity contribution is -0.149. The Morgan fingerprint density at radius 1 is 1.03 bits per heavy atom. The molecule has 1 saturated carbocycles. The fourth-order valence-corrected chi connectivity index (χ4v) is 4.13. The monoisotopic (exact) mass is 467 g/mol. The molecule has 5 heteroatoms. The lowest BCUT2D eigenvalue weighted by Gasteiger charge is -2.15. The number of oxime groups is 1. The van der Waals surface area contributed by atoms with Gasteiger partial charge in [-0.2, -0.15) is 0 Å². The molecule has 1 aliphatic carbocycles. The highest BCUT2D eigenvalue weighted by molar-refractivity contribution is 5.85. The zero-order valence-electron chi connectivity index (χ0n) is 20.0. The summed E-state index contributed by atoms with van der Waals surface area (Å²) in [4.78, 5) is 18.4. The van der Waals surface area contributed by atoms with Crippen molar-refractivity contribution in [1.29, 1.82) is 0 Å². The molecule has 1 aliphatic rings. The van der Waals surface area contributed by atoms with E-state index in [1.54, 1.807) is 12.3 Å². The predicted molar refractivity (Wildman–Crippen MR) is 136 cm³/mol. The van der Waals surface area contributed by atoms with Crippen LogP contribution in [0.3, 0.4) is 0 Å². The first-order chi connectivity index (χ1) is 17.0. The third kappa shape index (κ3) is 6.10. The van der Waals surface area contributed by atoms with E-state index in [1.807, 2.05) is 80.6 Å². The average molecular weight is 468 g/mol. The maximum atomic E-state index is 13.0. The predicted octanol–water partition coefficient (Wildman–Crippen LogP) is 6.21. The Hall–Kier alpha value is -4.04. The molecule has 0 radical (unpaired) electrons. The molecule has 5 nitrogen and oxygen atoms in total. The molecule has 1 unspecified atom stereocenters. The summed E-state index contributed by atoms with van der Waals surface area (Å²) in [5.74, 6) is 3.18. The van der Waals surface area contributed by atoms with Gasteiger partial charge in [-0.05, 0) is 35.2 Å². The third-order valence-corrected chi connectivity index (χ3v) is 6.31. The Morgan fingerprint density at radius 2 is 1.71 bits per heavy atom. The molecule has 35 heavy (non-hydrogen) atoms. The smallest absolute Gasteiger partial charge is 0.311 e. The number of carbonyl (C=O) groups excluding carboxylic acids is 1. The number of benzene rings is 3. The van der Waals surface area contributed by atoms with E-state index in [1.165, 1.54) is 5.56 Å². The second-order valence-electron chi connectivity index (χ2n) is 9.12. The van der Waals surface area contributed by atoms with E-state index < -0.39 is 6.10 Å². The topological polar surface area (TPSA) is 57.1 Å². The van der Waals surface area contributed by atoms with Gasteiger partial charge in [0.2, 0.25) is 0 Å². The van der Waals surface area contributed by atoms with Crippen LogP contribution in [-0.4, -0.2) is 18.8 Å². The van der Waals surface area contributed by atoms with E-state index in [0.717, 1.165) is 6.42 Å². The Kier molecular flexibility index (Phi) is 7.52. The number of hydrogen-bond donors (Lipinski definition) is 0. The summed E-state index contributed by atoms with van der Waals surface area (Å²) < 4.78 is 11.6. The van der Waals surface area contributed by atoms with Gasteiger partial charge in [0.25, 0.3) is 0 Å². The fourth-order valence-electron chi connectivity index (χ4n) is 4.13. The summed E-state index contributed by atoms with van der Waals surface area (Å²) in [6.45, 7) is 4.50. The lowest BCUT2D eigenvalue weighted by atomic mass is 10.1. The van der Waals surface area contributed by atoms with Crippen molar-refractivity contribution < 1.29 is 19.1 Å². The zero-order chi connectivity index (χ0) is 24.7. The molecule has 1 fully saturated rings. The number of nitrogens with zero attached hydrogens (tertiary/aromatic N) is 1. The van der Waals surface area contributed by atoms with Crippen molar-refractivity contribution >= 4 is 12.2 Å². The Balaban J connectivity index is 1.32. The highest BCUT2D eigenvalue weighted by Gasteiger charge is 2.62. The van der Waals surface area contributed by atoms with Gasteiger partial charge in [0.15, 0.2) is 6.10 Å². The van der Waals surface area contributed by atoms with Crippen LogP contribution in [0.5, 0.6) is 11.5 Å². The van der Waals surface area contributed by atoms with Crippen LogP contribution in [0.4, 0.5) is 0 Å². The summed E-state index contributed by atoms with van der Waals surface area (Å²) in [5.41, 5.74) is 1.59. The van der Waals surface area contributed by atoms with Crippen LogP contribution in [0.15, 0.2) is 90.1 Å². The normalized spacial score (nSPS) is 18.9. The summed E-state index contributed by atoms with van der Waals surface area (Å²) in [6, 6.07) is 26.8. The quantitative estimate of drug-likeness (QED) is 0.117. The molecular weight excluding hydrogens is 438 g/mol. The third-order valence-electron chi connectivity index (χ3n) is 6.31. The molecule has 3 atom stereocenters.